The Labute approximate surface area is 67.4 Å². The van der Waals surface area contributed by atoms with Crippen LogP contribution in [0.1, 0.15) is 0 Å². The first-order chi connectivity index (χ1) is 5.20. The summed E-state index contributed by atoms with van der Waals surface area (Å²) in [6.07, 6.45) is 0. The van der Waals surface area contributed by atoms with E-state index in [-0.39, 0.29) is 0 Å². The molecule has 1 aliphatic heterocycles. The lowest BCUT2D eigenvalue weighted by atomic mass is 10.6. The predicted octanol–water partition coefficient (Wildman–Crippen LogP) is -1.31. The summed E-state index contributed by atoms with van der Waals surface area (Å²) < 4.78 is 0. The number of hydrogen-bond donors (Lipinski definition) is 2. The van der Waals surface area contributed by atoms with Gasteiger partial charge in [-0.25, -0.2) is 0 Å². The van der Waals surface area contributed by atoms with E-state index in [2.05, 4.69) is 10.3 Å². The number of nitrogens with one attached hydrogen (secondary N) is 1. The summed E-state index contributed by atoms with van der Waals surface area (Å²) in [5.41, 5.74) is 4.70. The van der Waals surface area contributed by atoms with Gasteiger partial charge in [-0.1, -0.05) is 11.8 Å². The fraction of sp³-hybridized carbons (Fsp3) is 0.400. The van der Waals surface area contributed by atoms with Crippen LogP contribution in [0.4, 0.5) is 0 Å². The van der Waals surface area contributed by atoms with Gasteiger partial charge >= 0.3 is 11.8 Å². The highest BCUT2D eigenvalue weighted by Crippen LogP contribution is 2.08. The summed E-state index contributed by atoms with van der Waals surface area (Å²) in [7, 11) is 0. The van der Waals surface area contributed by atoms with E-state index in [1.165, 1.54) is 11.8 Å². The number of nitrogens with two attached hydrogens (primary N) is 1. The fourth-order valence-electron chi connectivity index (χ4n) is 0.569. The van der Waals surface area contributed by atoms with Crippen molar-refractivity contribution in [1.29, 1.82) is 0 Å². The Balaban J connectivity index is 2.42. The van der Waals surface area contributed by atoms with E-state index in [0.29, 0.717) is 11.7 Å². The van der Waals surface area contributed by atoms with Crippen molar-refractivity contribution in [2.24, 2.45) is 10.7 Å². The van der Waals surface area contributed by atoms with Crippen molar-refractivity contribution in [3.63, 3.8) is 0 Å². The van der Waals surface area contributed by atoms with E-state index in [0.717, 1.165) is 5.75 Å². The molecule has 0 aliphatic carbocycles. The zero-order valence-corrected chi connectivity index (χ0v) is 6.48. The van der Waals surface area contributed by atoms with Crippen LogP contribution in [0.15, 0.2) is 4.99 Å². The number of primary amides is 1. The number of amides is 2. The maximum atomic E-state index is 10.6. The zero-order valence-electron chi connectivity index (χ0n) is 5.66. The van der Waals surface area contributed by atoms with E-state index in [9.17, 15) is 9.59 Å². The molecular weight excluding hydrogens is 166 g/mol. The number of carbonyl (C=O) groups excluding carboxylic acids is 2. The molecule has 3 N–H and O–H groups in total. The molecule has 11 heavy (non-hydrogen) atoms. The molecule has 0 bridgehead atoms. The lowest BCUT2D eigenvalue weighted by Crippen LogP contribution is -2.38. The molecule has 6 heteroatoms. The van der Waals surface area contributed by atoms with E-state index in [4.69, 9.17) is 5.73 Å². The Morgan fingerprint density at radius 1 is 1.64 bits per heavy atom. The zero-order chi connectivity index (χ0) is 8.27. The summed E-state index contributed by atoms with van der Waals surface area (Å²) in [4.78, 5) is 24.7. The van der Waals surface area contributed by atoms with Gasteiger partial charge in [0.15, 0.2) is 5.17 Å². The monoisotopic (exact) mass is 173 g/mol. The normalized spacial score (nSPS) is 15.8. The first-order valence-electron chi connectivity index (χ1n) is 2.98. The number of nitrogens with zero attached hydrogens (tertiary/aromatic N) is 1. The molecule has 2 amide bonds. The van der Waals surface area contributed by atoms with Gasteiger partial charge in [-0.3, -0.25) is 19.9 Å². The summed E-state index contributed by atoms with van der Waals surface area (Å²) in [6, 6.07) is 0. The van der Waals surface area contributed by atoms with Gasteiger partial charge in [0, 0.05) is 5.75 Å². The summed E-state index contributed by atoms with van der Waals surface area (Å²) in [6.45, 7) is 0.680. The predicted molar refractivity (Wildman–Crippen MR) is 42.1 cm³/mol. The number of amidine groups is 1. The van der Waals surface area contributed by atoms with Crippen LogP contribution in [0.5, 0.6) is 0 Å². The smallest absolute Gasteiger partial charge is 0.315 e. The van der Waals surface area contributed by atoms with Gasteiger partial charge < -0.3 is 5.73 Å². The van der Waals surface area contributed by atoms with Crippen molar-refractivity contribution in [3.8, 4) is 0 Å². The van der Waals surface area contributed by atoms with Crippen LogP contribution in [0, 0.1) is 0 Å². The molecular formula is C5H7N3O2S. The standard InChI is InChI=1S/C5H7N3O2S/c6-3(9)4(10)8-5-7-1-2-11-5/h1-2H2,(H2,6,9)(H,7,8,10). The lowest BCUT2D eigenvalue weighted by Gasteiger charge is -1.97. The third kappa shape index (κ3) is 2.23. The van der Waals surface area contributed by atoms with Crippen molar-refractivity contribution >= 4 is 28.7 Å². The van der Waals surface area contributed by atoms with E-state index in [1.807, 2.05) is 0 Å². The molecule has 0 fully saturated rings. The highest BCUT2D eigenvalue weighted by molar-refractivity contribution is 8.14. The third-order valence-corrected chi connectivity index (χ3v) is 1.92. The maximum absolute atomic E-state index is 10.6. The third-order valence-electron chi connectivity index (χ3n) is 1.03. The second-order valence-electron chi connectivity index (χ2n) is 1.85. The fourth-order valence-corrected chi connectivity index (χ4v) is 1.29. The molecule has 0 aromatic carbocycles. The molecule has 0 atom stereocenters. The number of carbonyl (C=O) groups is 2. The molecule has 0 aromatic rings. The summed E-state index contributed by atoms with van der Waals surface area (Å²) in [5, 5.41) is 2.76. The Morgan fingerprint density at radius 2 is 2.36 bits per heavy atom. The molecule has 1 heterocycles. The van der Waals surface area contributed by atoms with Gasteiger partial charge in [0.2, 0.25) is 0 Å². The first-order valence-corrected chi connectivity index (χ1v) is 3.97. The average Bonchev–Trinajstić information content (AvgIpc) is 2.39. The first kappa shape index (κ1) is 8.06. The molecule has 60 valence electrons. The highest BCUT2D eigenvalue weighted by atomic mass is 32.2. The Morgan fingerprint density at radius 3 is 2.82 bits per heavy atom. The van der Waals surface area contributed by atoms with Gasteiger partial charge in [-0.05, 0) is 0 Å². The van der Waals surface area contributed by atoms with Crippen LogP contribution >= 0.6 is 11.8 Å². The molecule has 1 rings (SSSR count). The Hall–Kier alpha value is -1.04. The van der Waals surface area contributed by atoms with Crippen LogP contribution in [-0.2, 0) is 9.59 Å². The van der Waals surface area contributed by atoms with Gasteiger partial charge in [0.05, 0.1) is 6.54 Å². The Kier molecular flexibility index (Phi) is 2.48. The largest absolute Gasteiger partial charge is 0.361 e. The van der Waals surface area contributed by atoms with Crippen LogP contribution in [0.2, 0.25) is 0 Å². The maximum Gasteiger partial charge on any atom is 0.315 e. The van der Waals surface area contributed by atoms with Crippen molar-refractivity contribution in [3.05, 3.63) is 0 Å². The highest BCUT2D eigenvalue weighted by Gasteiger charge is 2.13. The summed E-state index contributed by atoms with van der Waals surface area (Å²) in [5.74, 6) is -0.952. The van der Waals surface area contributed by atoms with Crippen LogP contribution < -0.4 is 11.1 Å². The molecule has 5 nitrogen and oxygen atoms in total. The SMILES string of the molecule is NC(=O)C(=O)NC1=NCCS1. The number of rotatable bonds is 0. The van der Waals surface area contributed by atoms with Crippen LogP contribution in [0.3, 0.4) is 0 Å². The van der Waals surface area contributed by atoms with Crippen molar-refractivity contribution in [1.82, 2.24) is 5.32 Å². The van der Waals surface area contributed by atoms with E-state index >= 15 is 0 Å². The van der Waals surface area contributed by atoms with E-state index < -0.39 is 11.8 Å². The molecule has 0 saturated carbocycles. The van der Waals surface area contributed by atoms with Gasteiger partial charge in [-0.15, -0.1) is 0 Å². The molecule has 0 unspecified atom stereocenters. The topological polar surface area (TPSA) is 84.5 Å². The van der Waals surface area contributed by atoms with Crippen LogP contribution in [0.25, 0.3) is 0 Å². The van der Waals surface area contributed by atoms with Crippen molar-refractivity contribution in [2.75, 3.05) is 12.3 Å². The molecule has 0 spiro atoms. The minimum Gasteiger partial charge on any atom is -0.361 e. The molecule has 0 saturated heterocycles. The van der Waals surface area contributed by atoms with Crippen molar-refractivity contribution < 1.29 is 9.59 Å². The number of aliphatic imine (C=N–C) groups is 1. The summed E-state index contributed by atoms with van der Waals surface area (Å²) >= 11 is 1.40. The molecule has 1 aliphatic rings. The van der Waals surface area contributed by atoms with Gasteiger partial charge in [0.25, 0.3) is 0 Å². The van der Waals surface area contributed by atoms with Gasteiger partial charge in [-0.2, -0.15) is 0 Å². The molecule has 0 aromatic heterocycles. The van der Waals surface area contributed by atoms with Crippen molar-refractivity contribution in [2.45, 2.75) is 0 Å². The minimum absolute atomic E-state index is 0.480. The second-order valence-corrected chi connectivity index (χ2v) is 2.94. The Bertz CT molecular complexity index is 226. The van der Waals surface area contributed by atoms with E-state index in [1.54, 1.807) is 0 Å². The van der Waals surface area contributed by atoms with Gasteiger partial charge in [0.1, 0.15) is 0 Å². The lowest BCUT2D eigenvalue weighted by molar-refractivity contribution is -0.136. The molecule has 0 radical (unpaired) electrons. The second kappa shape index (κ2) is 3.38. The van der Waals surface area contributed by atoms with Crippen LogP contribution in [-0.4, -0.2) is 29.3 Å². The number of hydrogen-bond acceptors (Lipinski definition) is 4. The minimum atomic E-state index is -0.986. The average molecular weight is 173 g/mol. The number of thioether (sulfide) groups is 1. The quantitative estimate of drug-likeness (QED) is 0.446.